The molecule has 1 saturated heterocycles. The second-order valence-electron chi connectivity index (χ2n) is 7.33. The Balaban J connectivity index is 1.50. The van der Waals surface area contributed by atoms with Crippen LogP contribution in [0.5, 0.6) is 0 Å². The standard InChI is InChI=1S/C20H28N4O2S/c1-3-24-18-7-5-15(21-13-16-6-4-14(2)26-16)12-17(18)19(22-24)20(25)23-8-10-27-11-9-23/h4,6,15,21H,3,5,7-13H2,1-2H3/t15-/m0/s1. The third kappa shape index (κ3) is 3.94. The second kappa shape index (κ2) is 8.10. The highest BCUT2D eigenvalue weighted by Crippen LogP contribution is 2.27. The van der Waals surface area contributed by atoms with Crippen molar-refractivity contribution < 1.29 is 9.21 Å². The third-order valence-electron chi connectivity index (χ3n) is 5.51. The van der Waals surface area contributed by atoms with Crippen molar-refractivity contribution >= 4 is 17.7 Å². The fourth-order valence-corrected chi connectivity index (χ4v) is 4.94. The van der Waals surface area contributed by atoms with Crippen molar-refractivity contribution in [2.24, 2.45) is 0 Å². The lowest BCUT2D eigenvalue weighted by atomic mass is 9.91. The van der Waals surface area contributed by atoms with Gasteiger partial charge >= 0.3 is 0 Å². The molecule has 1 fully saturated rings. The van der Waals surface area contributed by atoms with Crippen LogP contribution in [0.4, 0.5) is 0 Å². The van der Waals surface area contributed by atoms with Crippen LogP contribution >= 0.6 is 11.8 Å². The van der Waals surface area contributed by atoms with Gasteiger partial charge in [0.15, 0.2) is 5.69 Å². The Kier molecular flexibility index (Phi) is 5.59. The number of aromatic nitrogens is 2. The van der Waals surface area contributed by atoms with Crippen LogP contribution in [0.15, 0.2) is 16.5 Å². The van der Waals surface area contributed by atoms with Gasteiger partial charge in [0, 0.05) is 48.4 Å². The zero-order valence-electron chi connectivity index (χ0n) is 16.2. The summed E-state index contributed by atoms with van der Waals surface area (Å²) in [7, 11) is 0. The molecule has 7 heteroatoms. The molecule has 146 valence electrons. The number of amides is 1. The predicted molar refractivity (Wildman–Crippen MR) is 107 cm³/mol. The number of carbonyl (C=O) groups excluding carboxylic acids is 1. The molecule has 4 rings (SSSR count). The van der Waals surface area contributed by atoms with Gasteiger partial charge in [-0.05, 0) is 45.2 Å². The Bertz CT molecular complexity index is 807. The van der Waals surface area contributed by atoms with E-state index in [4.69, 9.17) is 9.52 Å². The van der Waals surface area contributed by atoms with E-state index in [1.54, 1.807) is 0 Å². The van der Waals surface area contributed by atoms with Gasteiger partial charge in [0.2, 0.25) is 0 Å². The Morgan fingerprint density at radius 2 is 2.19 bits per heavy atom. The molecule has 3 heterocycles. The van der Waals surface area contributed by atoms with Crippen molar-refractivity contribution in [1.82, 2.24) is 20.0 Å². The van der Waals surface area contributed by atoms with E-state index in [1.165, 1.54) is 5.69 Å². The highest BCUT2D eigenvalue weighted by molar-refractivity contribution is 7.99. The molecule has 27 heavy (non-hydrogen) atoms. The Morgan fingerprint density at radius 1 is 1.37 bits per heavy atom. The SMILES string of the molecule is CCn1nc(C(=O)N2CCSCC2)c2c1CC[C@H](NCc1ccc(C)o1)C2. The first kappa shape index (κ1) is 18.6. The van der Waals surface area contributed by atoms with Crippen LogP contribution in [0.1, 0.15) is 46.6 Å². The minimum atomic E-state index is 0.112. The summed E-state index contributed by atoms with van der Waals surface area (Å²) in [5, 5.41) is 8.32. The maximum atomic E-state index is 13.1. The van der Waals surface area contributed by atoms with Gasteiger partial charge in [-0.25, -0.2) is 0 Å². The van der Waals surface area contributed by atoms with Crippen molar-refractivity contribution in [1.29, 1.82) is 0 Å². The topological polar surface area (TPSA) is 63.3 Å². The van der Waals surface area contributed by atoms with Crippen LogP contribution < -0.4 is 5.32 Å². The normalized spacial score (nSPS) is 19.9. The minimum absolute atomic E-state index is 0.112. The van der Waals surface area contributed by atoms with Gasteiger partial charge in [0.1, 0.15) is 11.5 Å². The monoisotopic (exact) mass is 388 g/mol. The summed E-state index contributed by atoms with van der Waals surface area (Å²) in [6.45, 7) is 7.26. The van der Waals surface area contributed by atoms with E-state index < -0.39 is 0 Å². The van der Waals surface area contributed by atoms with Crippen molar-refractivity contribution in [2.45, 2.75) is 52.2 Å². The number of hydrogen-bond donors (Lipinski definition) is 1. The molecule has 2 aromatic rings. The number of thioether (sulfide) groups is 1. The largest absolute Gasteiger partial charge is 0.465 e. The highest BCUT2D eigenvalue weighted by atomic mass is 32.2. The number of furan rings is 1. The van der Waals surface area contributed by atoms with Crippen molar-refractivity contribution in [3.63, 3.8) is 0 Å². The number of fused-ring (bicyclic) bond motifs is 1. The van der Waals surface area contributed by atoms with Gasteiger partial charge in [-0.1, -0.05) is 0 Å². The first-order chi connectivity index (χ1) is 13.2. The molecule has 0 radical (unpaired) electrons. The van der Waals surface area contributed by atoms with E-state index in [9.17, 15) is 4.79 Å². The molecule has 0 spiro atoms. The predicted octanol–water partition coefficient (Wildman–Crippen LogP) is 2.64. The van der Waals surface area contributed by atoms with Crippen LogP contribution in [0.25, 0.3) is 0 Å². The van der Waals surface area contributed by atoms with E-state index in [0.717, 1.165) is 74.0 Å². The summed E-state index contributed by atoms with van der Waals surface area (Å²) in [4.78, 5) is 15.1. The number of hydrogen-bond acceptors (Lipinski definition) is 5. The van der Waals surface area contributed by atoms with Crippen LogP contribution in [0.2, 0.25) is 0 Å². The van der Waals surface area contributed by atoms with Crippen molar-refractivity contribution in [2.75, 3.05) is 24.6 Å². The fraction of sp³-hybridized carbons (Fsp3) is 0.600. The van der Waals surface area contributed by atoms with Crippen LogP contribution in [0, 0.1) is 6.92 Å². The van der Waals surface area contributed by atoms with Crippen LogP contribution in [0.3, 0.4) is 0 Å². The molecule has 1 amide bonds. The van der Waals surface area contributed by atoms with E-state index in [2.05, 4.69) is 12.2 Å². The van der Waals surface area contributed by atoms with Crippen LogP contribution in [-0.4, -0.2) is 51.2 Å². The molecule has 0 unspecified atom stereocenters. The average Bonchev–Trinajstić information content (AvgIpc) is 3.29. The highest BCUT2D eigenvalue weighted by Gasteiger charge is 2.31. The summed E-state index contributed by atoms with van der Waals surface area (Å²) in [5.41, 5.74) is 3.08. The Morgan fingerprint density at radius 3 is 2.89 bits per heavy atom. The lowest BCUT2D eigenvalue weighted by molar-refractivity contribution is 0.0764. The maximum Gasteiger partial charge on any atom is 0.274 e. The number of rotatable bonds is 5. The maximum absolute atomic E-state index is 13.1. The summed E-state index contributed by atoms with van der Waals surface area (Å²) < 4.78 is 7.70. The molecule has 2 aromatic heterocycles. The van der Waals surface area contributed by atoms with E-state index in [-0.39, 0.29) is 5.91 Å². The Hall–Kier alpha value is -1.73. The first-order valence-electron chi connectivity index (χ1n) is 9.90. The third-order valence-corrected chi connectivity index (χ3v) is 6.45. The van der Waals surface area contributed by atoms with Crippen molar-refractivity contribution in [3.8, 4) is 0 Å². The van der Waals surface area contributed by atoms with E-state index in [1.807, 2.05) is 40.4 Å². The number of aryl methyl sites for hydroxylation is 2. The van der Waals surface area contributed by atoms with Crippen LogP contribution in [-0.2, 0) is 25.9 Å². The Labute approximate surface area is 164 Å². The number of nitrogens with zero attached hydrogens (tertiary/aromatic N) is 3. The molecule has 1 N–H and O–H groups in total. The molecule has 1 atom stereocenters. The lowest BCUT2D eigenvalue weighted by Gasteiger charge is -2.27. The van der Waals surface area contributed by atoms with Gasteiger partial charge in [-0.3, -0.25) is 9.48 Å². The van der Waals surface area contributed by atoms with Gasteiger partial charge in [0.05, 0.1) is 6.54 Å². The zero-order valence-corrected chi connectivity index (χ0v) is 17.0. The molecule has 0 bridgehead atoms. The molecule has 0 aromatic carbocycles. The second-order valence-corrected chi connectivity index (χ2v) is 8.55. The molecule has 1 aliphatic carbocycles. The quantitative estimate of drug-likeness (QED) is 0.853. The smallest absolute Gasteiger partial charge is 0.274 e. The molecule has 1 aliphatic heterocycles. The average molecular weight is 389 g/mol. The summed E-state index contributed by atoms with van der Waals surface area (Å²) >= 11 is 1.92. The first-order valence-corrected chi connectivity index (χ1v) is 11.1. The fourth-order valence-electron chi connectivity index (χ4n) is 4.04. The van der Waals surface area contributed by atoms with Gasteiger partial charge in [-0.2, -0.15) is 16.9 Å². The minimum Gasteiger partial charge on any atom is -0.465 e. The number of nitrogens with one attached hydrogen (secondary N) is 1. The number of carbonyl (C=O) groups is 1. The summed E-state index contributed by atoms with van der Waals surface area (Å²) in [6.07, 6.45) is 2.89. The van der Waals surface area contributed by atoms with E-state index in [0.29, 0.717) is 11.7 Å². The van der Waals surface area contributed by atoms with E-state index >= 15 is 0 Å². The molecular weight excluding hydrogens is 360 g/mol. The summed E-state index contributed by atoms with van der Waals surface area (Å²) in [6, 6.07) is 4.37. The van der Waals surface area contributed by atoms with Gasteiger partial charge in [0.25, 0.3) is 5.91 Å². The summed E-state index contributed by atoms with van der Waals surface area (Å²) in [5.74, 6) is 4.06. The van der Waals surface area contributed by atoms with Gasteiger partial charge in [-0.15, -0.1) is 0 Å². The molecule has 0 saturated carbocycles. The molecule has 6 nitrogen and oxygen atoms in total. The van der Waals surface area contributed by atoms with Crippen molar-refractivity contribution in [3.05, 3.63) is 40.6 Å². The lowest BCUT2D eigenvalue weighted by Crippen LogP contribution is -2.39. The zero-order chi connectivity index (χ0) is 18.8. The molecule has 2 aliphatic rings. The van der Waals surface area contributed by atoms with Gasteiger partial charge < -0.3 is 14.6 Å². The molecular formula is C20H28N4O2S.